The molecule has 0 fully saturated rings. The van der Waals surface area contributed by atoms with Crippen LogP contribution < -0.4 is 14.8 Å². The topological polar surface area (TPSA) is 84.5 Å². The minimum absolute atomic E-state index is 0.0425. The predicted octanol–water partition coefficient (Wildman–Crippen LogP) is 4.12. The van der Waals surface area contributed by atoms with Crippen molar-refractivity contribution in [1.82, 2.24) is 4.72 Å². The molecule has 3 aromatic carbocycles. The first-order valence-electron chi connectivity index (χ1n) is 9.57. The fourth-order valence-electron chi connectivity index (χ4n) is 2.87. The number of rotatable bonds is 8. The van der Waals surface area contributed by atoms with Gasteiger partial charge in [-0.25, -0.2) is 13.1 Å². The van der Waals surface area contributed by atoms with Gasteiger partial charge in [-0.2, -0.15) is 0 Å². The van der Waals surface area contributed by atoms with Gasteiger partial charge in [0.2, 0.25) is 10.0 Å². The SMILES string of the molecule is CCOc1ccc(NC(=O)c2cc(S(=O)(=O)NCc3ccccc3)ccc2C)cc1. The number of nitrogens with one attached hydrogen (secondary N) is 2. The van der Waals surface area contributed by atoms with Gasteiger partial charge < -0.3 is 10.1 Å². The van der Waals surface area contributed by atoms with Crippen LogP contribution in [0.25, 0.3) is 0 Å². The standard InChI is InChI=1S/C23H24N2O4S/c1-3-29-20-12-10-19(11-13-20)25-23(26)22-15-21(14-9-17(22)2)30(27,28)24-16-18-7-5-4-6-8-18/h4-15,24H,3,16H2,1-2H3,(H,25,26). The van der Waals surface area contributed by atoms with Crippen molar-refractivity contribution in [2.24, 2.45) is 0 Å². The summed E-state index contributed by atoms with van der Waals surface area (Å²) in [5, 5.41) is 2.80. The number of ether oxygens (including phenoxy) is 1. The normalized spacial score (nSPS) is 11.1. The molecule has 0 heterocycles. The van der Waals surface area contributed by atoms with Gasteiger partial charge in [0.15, 0.2) is 0 Å². The molecule has 0 radical (unpaired) electrons. The van der Waals surface area contributed by atoms with Crippen LogP contribution in [0, 0.1) is 6.92 Å². The highest BCUT2D eigenvalue weighted by Crippen LogP contribution is 2.20. The number of amides is 1. The molecule has 0 saturated carbocycles. The zero-order valence-corrected chi connectivity index (χ0v) is 17.7. The average Bonchev–Trinajstić information content (AvgIpc) is 2.75. The van der Waals surface area contributed by atoms with E-state index in [1.54, 1.807) is 37.3 Å². The molecule has 0 aliphatic carbocycles. The van der Waals surface area contributed by atoms with Crippen LogP contribution in [-0.2, 0) is 16.6 Å². The number of hydrogen-bond donors (Lipinski definition) is 2. The number of benzene rings is 3. The molecule has 0 bridgehead atoms. The molecule has 156 valence electrons. The zero-order chi connectivity index (χ0) is 21.6. The third-order valence-corrected chi connectivity index (χ3v) is 5.90. The first kappa shape index (κ1) is 21.5. The average molecular weight is 425 g/mol. The van der Waals surface area contributed by atoms with E-state index in [0.717, 1.165) is 5.56 Å². The summed E-state index contributed by atoms with van der Waals surface area (Å²) >= 11 is 0. The van der Waals surface area contributed by atoms with Crippen LogP contribution in [0.1, 0.15) is 28.4 Å². The summed E-state index contributed by atoms with van der Waals surface area (Å²) in [4.78, 5) is 12.8. The minimum atomic E-state index is -3.76. The molecular weight excluding hydrogens is 400 g/mol. The largest absolute Gasteiger partial charge is 0.494 e. The third kappa shape index (κ3) is 5.46. The van der Waals surface area contributed by atoms with E-state index in [2.05, 4.69) is 10.0 Å². The lowest BCUT2D eigenvalue weighted by Gasteiger charge is -2.12. The van der Waals surface area contributed by atoms with Crippen molar-refractivity contribution in [2.45, 2.75) is 25.3 Å². The molecule has 0 aliphatic heterocycles. The molecule has 0 atom stereocenters. The summed E-state index contributed by atoms with van der Waals surface area (Å²) in [5.74, 6) is 0.334. The van der Waals surface area contributed by atoms with Crippen molar-refractivity contribution >= 4 is 21.6 Å². The van der Waals surface area contributed by atoms with E-state index in [4.69, 9.17) is 4.74 Å². The van der Waals surface area contributed by atoms with Gasteiger partial charge in [0.1, 0.15) is 5.75 Å². The molecule has 0 aromatic heterocycles. The van der Waals surface area contributed by atoms with Crippen molar-refractivity contribution in [3.05, 3.63) is 89.5 Å². The second kappa shape index (κ2) is 9.56. The second-order valence-electron chi connectivity index (χ2n) is 6.70. The van der Waals surface area contributed by atoms with E-state index < -0.39 is 10.0 Å². The molecule has 3 aromatic rings. The van der Waals surface area contributed by atoms with E-state index in [1.165, 1.54) is 12.1 Å². The van der Waals surface area contributed by atoms with Crippen LogP contribution >= 0.6 is 0 Å². The minimum Gasteiger partial charge on any atom is -0.494 e. The van der Waals surface area contributed by atoms with Crippen LogP contribution in [0.2, 0.25) is 0 Å². The summed E-state index contributed by atoms with van der Waals surface area (Å²) in [6, 6.07) is 20.8. The lowest BCUT2D eigenvalue weighted by atomic mass is 10.1. The summed E-state index contributed by atoms with van der Waals surface area (Å²) in [5.41, 5.74) is 2.42. The number of aryl methyl sites for hydroxylation is 1. The Bertz CT molecular complexity index is 1110. The van der Waals surface area contributed by atoms with Gasteiger partial charge in [0.25, 0.3) is 5.91 Å². The van der Waals surface area contributed by atoms with Gasteiger partial charge >= 0.3 is 0 Å². The van der Waals surface area contributed by atoms with Crippen LogP contribution in [0.5, 0.6) is 5.75 Å². The maximum Gasteiger partial charge on any atom is 0.255 e. The van der Waals surface area contributed by atoms with E-state index in [0.29, 0.717) is 29.2 Å². The highest BCUT2D eigenvalue weighted by atomic mass is 32.2. The van der Waals surface area contributed by atoms with Crippen LogP contribution in [-0.4, -0.2) is 20.9 Å². The molecule has 30 heavy (non-hydrogen) atoms. The second-order valence-corrected chi connectivity index (χ2v) is 8.47. The number of anilines is 1. The third-order valence-electron chi connectivity index (χ3n) is 4.50. The molecule has 0 saturated heterocycles. The summed E-state index contributed by atoms with van der Waals surface area (Å²) in [6.45, 7) is 4.39. The Morgan fingerprint density at radius 2 is 1.67 bits per heavy atom. The Morgan fingerprint density at radius 3 is 2.33 bits per heavy atom. The lowest BCUT2D eigenvalue weighted by molar-refractivity contribution is 0.102. The first-order valence-corrected chi connectivity index (χ1v) is 11.1. The van der Waals surface area contributed by atoms with Gasteiger partial charge in [-0.3, -0.25) is 4.79 Å². The van der Waals surface area contributed by atoms with Gasteiger partial charge in [-0.15, -0.1) is 0 Å². The summed E-state index contributed by atoms with van der Waals surface area (Å²) in [6.07, 6.45) is 0. The highest BCUT2D eigenvalue weighted by Gasteiger charge is 2.18. The van der Waals surface area contributed by atoms with Crippen LogP contribution in [0.3, 0.4) is 0 Å². The van der Waals surface area contributed by atoms with E-state index in [-0.39, 0.29) is 17.3 Å². The molecule has 0 unspecified atom stereocenters. The Labute approximate surface area is 177 Å². The molecule has 0 aliphatic rings. The maximum atomic E-state index is 12.7. The number of carbonyl (C=O) groups excluding carboxylic acids is 1. The fraction of sp³-hybridized carbons (Fsp3) is 0.174. The van der Waals surface area contributed by atoms with Crippen LogP contribution in [0.4, 0.5) is 5.69 Å². The van der Waals surface area contributed by atoms with Crippen molar-refractivity contribution in [3.8, 4) is 5.75 Å². The predicted molar refractivity (Wildman–Crippen MR) is 117 cm³/mol. The van der Waals surface area contributed by atoms with Crippen molar-refractivity contribution in [1.29, 1.82) is 0 Å². The highest BCUT2D eigenvalue weighted by molar-refractivity contribution is 7.89. The quantitative estimate of drug-likeness (QED) is 0.570. The molecule has 6 nitrogen and oxygen atoms in total. The van der Waals surface area contributed by atoms with Crippen molar-refractivity contribution in [3.63, 3.8) is 0 Å². The van der Waals surface area contributed by atoms with Crippen molar-refractivity contribution in [2.75, 3.05) is 11.9 Å². The Kier molecular flexibility index (Phi) is 6.87. The Hall–Kier alpha value is -3.16. The molecule has 3 rings (SSSR count). The van der Waals surface area contributed by atoms with Gasteiger partial charge in [-0.1, -0.05) is 36.4 Å². The van der Waals surface area contributed by atoms with E-state index >= 15 is 0 Å². The summed E-state index contributed by atoms with van der Waals surface area (Å²) in [7, 11) is -3.76. The smallest absolute Gasteiger partial charge is 0.255 e. The number of sulfonamides is 1. The zero-order valence-electron chi connectivity index (χ0n) is 16.9. The molecule has 7 heteroatoms. The van der Waals surface area contributed by atoms with E-state index in [9.17, 15) is 13.2 Å². The lowest BCUT2D eigenvalue weighted by Crippen LogP contribution is -2.24. The number of carbonyl (C=O) groups is 1. The molecule has 0 spiro atoms. The summed E-state index contributed by atoms with van der Waals surface area (Å²) < 4.78 is 33.3. The molecule has 1 amide bonds. The number of hydrogen-bond acceptors (Lipinski definition) is 4. The fourth-order valence-corrected chi connectivity index (χ4v) is 3.91. The Morgan fingerprint density at radius 1 is 0.967 bits per heavy atom. The van der Waals surface area contributed by atoms with Crippen LogP contribution in [0.15, 0.2) is 77.7 Å². The molecular formula is C23H24N2O4S. The van der Waals surface area contributed by atoms with Gasteiger partial charge in [-0.05, 0) is 61.4 Å². The Balaban J connectivity index is 1.75. The van der Waals surface area contributed by atoms with Gasteiger partial charge in [0.05, 0.1) is 11.5 Å². The first-order chi connectivity index (χ1) is 14.4. The van der Waals surface area contributed by atoms with Crippen molar-refractivity contribution < 1.29 is 17.9 Å². The van der Waals surface area contributed by atoms with Gasteiger partial charge in [0, 0.05) is 17.8 Å². The maximum absolute atomic E-state index is 12.7. The monoisotopic (exact) mass is 424 g/mol. The van der Waals surface area contributed by atoms with E-state index in [1.807, 2.05) is 37.3 Å². The molecule has 2 N–H and O–H groups in total.